The second kappa shape index (κ2) is 7.04. The smallest absolute Gasteiger partial charge is 0.187 e. The van der Waals surface area contributed by atoms with Gasteiger partial charge in [-0.05, 0) is 54.6 Å². The lowest BCUT2D eigenvalue weighted by Crippen LogP contribution is -1.97. The standard InChI is InChI=1S/C23H15ClN4O/c24-17-12-9-16(10-13-17)22-26-27-23-19(14-11-15-5-1-4-8-21(15)29)25-18-6-2-3-7-20(18)28(22)23/h1-14,29H/b14-11+. The third-order valence-electron chi connectivity index (χ3n) is 4.72. The van der Waals surface area contributed by atoms with Crippen molar-refractivity contribution in [3.05, 3.63) is 89.1 Å². The Hall–Kier alpha value is -3.70. The van der Waals surface area contributed by atoms with Gasteiger partial charge >= 0.3 is 0 Å². The van der Waals surface area contributed by atoms with Gasteiger partial charge in [0.05, 0.1) is 11.0 Å². The van der Waals surface area contributed by atoms with Crippen molar-refractivity contribution < 1.29 is 5.11 Å². The number of aromatic hydroxyl groups is 1. The van der Waals surface area contributed by atoms with Crippen molar-refractivity contribution in [2.45, 2.75) is 0 Å². The van der Waals surface area contributed by atoms with Crippen molar-refractivity contribution >= 4 is 40.4 Å². The van der Waals surface area contributed by atoms with E-state index in [1.807, 2.05) is 77.2 Å². The average molecular weight is 399 g/mol. The quantitative estimate of drug-likeness (QED) is 0.437. The number of para-hydroxylation sites is 3. The minimum Gasteiger partial charge on any atom is -0.507 e. The third kappa shape index (κ3) is 3.11. The second-order valence-corrected chi connectivity index (χ2v) is 7.00. The highest BCUT2D eigenvalue weighted by atomic mass is 35.5. The molecule has 2 aromatic heterocycles. The number of phenolic OH excluding ortho intramolecular Hbond substituents is 1. The summed E-state index contributed by atoms with van der Waals surface area (Å²) < 4.78 is 2.00. The lowest BCUT2D eigenvalue weighted by Gasteiger charge is -2.07. The van der Waals surface area contributed by atoms with Gasteiger partial charge in [0.25, 0.3) is 0 Å². The van der Waals surface area contributed by atoms with Crippen molar-refractivity contribution in [3.8, 4) is 17.1 Å². The maximum Gasteiger partial charge on any atom is 0.187 e. The first-order chi connectivity index (χ1) is 14.2. The predicted octanol–water partition coefficient (Wildman–Crippen LogP) is 5.47. The first-order valence-electron chi connectivity index (χ1n) is 9.06. The Bertz CT molecular complexity index is 1370. The molecule has 140 valence electrons. The van der Waals surface area contributed by atoms with Crippen molar-refractivity contribution in [1.82, 2.24) is 19.6 Å². The number of phenols is 1. The largest absolute Gasteiger partial charge is 0.507 e. The number of benzene rings is 3. The summed E-state index contributed by atoms with van der Waals surface area (Å²) in [5.41, 5.74) is 4.66. The van der Waals surface area contributed by atoms with Crippen LogP contribution in [0.2, 0.25) is 5.02 Å². The number of hydrogen-bond donors (Lipinski definition) is 1. The monoisotopic (exact) mass is 398 g/mol. The van der Waals surface area contributed by atoms with Gasteiger partial charge in [0, 0.05) is 16.1 Å². The van der Waals surface area contributed by atoms with Gasteiger partial charge in [-0.25, -0.2) is 4.98 Å². The van der Waals surface area contributed by atoms with Gasteiger partial charge in [-0.1, -0.05) is 41.9 Å². The number of rotatable bonds is 3. The van der Waals surface area contributed by atoms with E-state index in [1.54, 1.807) is 12.1 Å². The highest BCUT2D eigenvalue weighted by Gasteiger charge is 2.15. The number of nitrogens with zero attached hydrogens (tertiary/aromatic N) is 4. The molecule has 0 saturated carbocycles. The zero-order valence-corrected chi connectivity index (χ0v) is 16.0. The van der Waals surface area contributed by atoms with Crippen molar-refractivity contribution in [1.29, 1.82) is 0 Å². The van der Waals surface area contributed by atoms with Crippen LogP contribution in [0.25, 0.3) is 40.2 Å². The zero-order chi connectivity index (χ0) is 19.8. The van der Waals surface area contributed by atoms with E-state index < -0.39 is 0 Å². The Kier molecular flexibility index (Phi) is 4.22. The molecule has 0 unspecified atom stereocenters. The molecule has 29 heavy (non-hydrogen) atoms. The summed E-state index contributed by atoms with van der Waals surface area (Å²) in [4.78, 5) is 4.76. The summed E-state index contributed by atoms with van der Waals surface area (Å²) in [6.45, 7) is 0. The van der Waals surface area contributed by atoms with Gasteiger partial charge in [0.2, 0.25) is 0 Å². The van der Waals surface area contributed by atoms with Crippen LogP contribution < -0.4 is 0 Å². The van der Waals surface area contributed by atoms with Crippen molar-refractivity contribution in [2.75, 3.05) is 0 Å². The highest BCUT2D eigenvalue weighted by Crippen LogP contribution is 2.27. The van der Waals surface area contributed by atoms with Gasteiger partial charge in [-0.3, -0.25) is 4.40 Å². The lowest BCUT2D eigenvalue weighted by molar-refractivity contribution is 0.474. The Balaban J connectivity index is 1.75. The van der Waals surface area contributed by atoms with E-state index in [-0.39, 0.29) is 5.75 Å². The number of halogens is 1. The molecule has 2 heterocycles. The maximum absolute atomic E-state index is 10.0. The molecule has 0 aliphatic rings. The second-order valence-electron chi connectivity index (χ2n) is 6.57. The van der Waals surface area contributed by atoms with Gasteiger partial charge in [-0.2, -0.15) is 0 Å². The average Bonchev–Trinajstić information content (AvgIpc) is 3.19. The molecule has 0 atom stereocenters. The molecule has 0 saturated heterocycles. The molecule has 3 aromatic carbocycles. The van der Waals surface area contributed by atoms with Crippen LogP contribution in [0.1, 0.15) is 11.3 Å². The topological polar surface area (TPSA) is 63.3 Å². The Morgan fingerprint density at radius 2 is 1.59 bits per heavy atom. The molecule has 0 fully saturated rings. The summed E-state index contributed by atoms with van der Waals surface area (Å²) in [5, 5.41) is 19.5. The maximum atomic E-state index is 10.0. The van der Waals surface area contributed by atoms with E-state index >= 15 is 0 Å². The summed E-state index contributed by atoms with van der Waals surface area (Å²) in [6, 6.07) is 22.5. The van der Waals surface area contributed by atoms with Gasteiger partial charge < -0.3 is 5.11 Å². The first-order valence-corrected chi connectivity index (χ1v) is 9.44. The predicted molar refractivity (Wildman–Crippen MR) is 116 cm³/mol. The molecule has 0 aliphatic carbocycles. The number of aromatic nitrogens is 4. The summed E-state index contributed by atoms with van der Waals surface area (Å²) >= 11 is 6.04. The molecular weight excluding hydrogens is 384 g/mol. The number of fused-ring (bicyclic) bond motifs is 3. The summed E-state index contributed by atoms with van der Waals surface area (Å²) in [7, 11) is 0. The summed E-state index contributed by atoms with van der Waals surface area (Å²) in [5.74, 6) is 0.927. The fourth-order valence-corrected chi connectivity index (χ4v) is 3.43. The van der Waals surface area contributed by atoms with E-state index in [2.05, 4.69) is 10.2 Å². The minimum absolute atomic E-state index is 0.212. The molecular formula is C23H15ClN4O. The Morgan fingerprint density at radius 1 is 0.828 bits per heavy atom. The highest BCUT2D eigenvalue weighted by molar-refractivity contribution is 6.30. The normalized spacial score (nSPS) is 11.6. The van der Waals surface area contributed by atoms with Crippen molar-refractivity contribution in [3.63, 3.8) is 0 Å². The van der Waals surface area contributed by atoms with Crippen LogP contribution in [-0.4, -0.2) is 24.7 Å². The van der Waals surface area contributed by atoms with Gasteiger partial charge in [-0.15, -0.1) is 10.2 Å². The van der Waals surface area contributed by atoms with Crippen LogP contribution in [0, 0.1) is 0 Å². The third-order valence-corrected chi connectivity index (χ3v) is 4.97. The molecule has 0 aliphatic heterocycles. The van der Waals surface area contributed by atoms with Gasteiger partial charge in [0.1, 0.15) is 11.4 Å². The summed E-state index contributed by atoms with van der Waals surface area (Å²) in [6.07, 6.45) is 3.67. The van der Waals surface area contributed by atoms with Crippen LogP contribution in [0.3, 0.4) is 0 Å². The Labute approximate surface area is 171 Å². The zero-order valence-electron chi connectivity index (χ0n) is 15.2. The molecule has 5 aromatic rings. The molecule has 0 radical (unpaired) electrons. The van der Waals surface area contributed by atoms with Crippen LogP contribution in [0.15, 0.2) is 72.8 Å². The van der Waals surface area contributed by atoms with E-state index in [1.165, 1.54) is 0 Å². The Morgan fingerprint density at radius 3 is 2.41 bits per heavy atom. The molecule has 6 heteroatoms. The van der Waals surface area contributed by atoms with Crippen LogP contribution in [0.5, 0.6) is 5.75 Å². The van der Waals surface area contributed by atoms with Gasteiger partial charge in [0.15, 0.2) is 11.5 Å². The molecule has 1 N–H and O–H groups in total. The molecule has 5 rings (SSSR count). The van der Waals surface area contributed by atoms with Crippen LogP contribution in [-0.2, 0) is 0 Å². The fourth-order valence-electron chi connectivity index (χ4n) is 3.30. The minimum atomic E-state index is 0.212. The molecule has 0 amide bonds. The lowest BCUT2D eigenvalue weighted by atomic mass is 10.1. The van der Waals surface area contributed by atoms with E-state index in [4.69, 9.17) is 16.6 Å². The van der Waals surface area contributed by atoms with E-state index in [9.17, 15) is 5.11 Å². The molecule has 5 nitrogen and oxygen atoms in total. The number of hydrogen-bond acceptors (Lipinski definition) is 4. The first kappa shape index (κ1) is 17.4. The van der Waals surface area contributed by atoms with E-state index in [0.29, 0.717) is 27.8 Å². The van der Waals surface area contributed by atoms with Crippen LogP contribution in [0.4, 0.5) is 0 Å². The molecule has 0 bridgehead atoms. The fraction of sp³-hybridized carbons (Fsp3) is 0. The molecule has 0 spiro atoms. The van der Waals surface area contributed by atoms with E-state index in [0.717, 1.165) is 16.6 Å². The SMILES string of the molecule is Oc1ccccc1/C=C/c1nc2ccccc2n2c(-c3ccc(Cl)cc3)nnc12. The van der Waals surface area contributed by atoms with Crippen molar-refractivity contribution in [2.24, 2.45) is 0 Å². The van der Waals surface area contributed by atoms with Crippen LogP contribution >= 0.6 is 11.6 Å².